The minimum absolute atomic E-state index is 0.286. The number of para-hydroxylation sites is 1. The number of carbonyl (C=O) groups excluding carboxylic acids is 1. The second kappa shape index (κ2) is 7.19. The molecule has 0 spiro atoms. The highest BCUT2D eigenvalue weighted by Gasteiger charge is 2.27. The maximum Gasteiger partial charge on any atom is 0.240 e. The van der Waals surface area contributed by atoms with E-state index >= 15 is 0 Å². The fourth-order valence-electron chi connectivity index (χ4n) is 2.45. The molecule has 0 aliphatic heterocycles. The number of rotatable bonds is 5. The van der Waals surface area contributed by atoms with Gasteiger partial charge in [-0.15, -0.1) is 0 Å². The molecule has 0 saturated carbocycles. The molecule has 1 N–H and O–H groups in total. The molecule has 0 aliphatic rings. The van der Waals surface area contributed by atoms with Crippen LogP contribution in [0.2, 0.25) is 0 Å². The molecule has 6 heteroatoms. The molecule has 6 nitrogen and oxygen atoms in total. The van der Waals surface area contributed by atoms with E-state index in [1.54, 1.807) is 30.9 Å². The molecule has 1 aromatic carbocycles. The zero-order valence-electron chi connectivity index (χ0n) is 14.7. The van der Waals surface area contributed by atoms with Crippen LogP contribution in [0.25, 0.3) is 16.9 Å². The zero-order valence-corrected chi connectivity index (χ0v) is 14.7. The van der Waals surface area contributed by atoms with Crippen LogP contribution in [-0.2, 0) is 11.3 Å². The van der Waals surface area contributed by atoms with Crippen LogP contribution in [0.4, 0.5) is 0 Å². The number of nitriles is 1. The Morgan fingerprint density at radius 2 is 1.88 bits per heavy atom. The summed E-state index contributed by atoms with van der Waals surface area (Å²) in [6.45, 7) is 3.48. The Labute approximate surface area is 152 Å². The van der Waals surface area contributed by atoms with Gasteiger partial charge in [-0.2, -0.15) is 10.4 Å². The van der Waals surface area contributed by atoms with Crippen LogP contribution in [0, 0.1) is 16.7 Å². The quantitative estimate of drug-likeness (QED) is 0.770. The second-order valence-corrected chi connectivity index (χ2v) is 6.44. The van der Waals surface area contributed by atoms with E-state index in [0.29, 0.717) is 0 Å². The lowest BCUT2D eigenvalue weighted by atomic mass is 9.94. The van der Waals surface area contributed by atoms with Crippen molar-refractivity contribution in [3.8, 4) is 23.0 Å². The van der Waals surface area contributed by atoms with Crippen molar-refractivity contribution >= 4 is 5.91 Å². The minimum atomic E-state index is -1.08. The molecule has 0 radical (unpaired) electrons. The third-order valence-electron chi connectivity index (χ3n) is 4.05. The fraction of sp³-hybridized carbons (Fsp3) is 0.200. The topological polar surface area (TPSA) is 83.6 Å². The maximum absolute atomic E-state index is 12.2. The van der Waals surface area contributed by atoms with E-state index in [1.807, 2.05) is 54.7 Å². The molecule has 0 fully saturated rings. The van der Waals surface area contributed by atoms with E-state index in [-0.39, 0.29) is 12.5 Å². The van der Waals surface area contributed by atoms with Crippen molar-refractivity contribution in [3.63, 3.8) is 0 Å². The molecule has 2 heterocycles. The first-order chi connectivity index (χ1) is 12.5. The molecule has 1 amide bonds. The summed E-state index contributed by atoms with van der Waals surface area (Å²) >= 11 is 0. The lowest BCUT2D eigenvalue weighted by Gasteiger charge is -2.14. The highest BCUT2D eigenvalue weighted by Crippen LogP contribution is 2.23. The van der Waals surface area contributed by atoms with Gasteiger partial charge in [0.1, 0.15) is 5.41 Å². The molecule has 130 valence electrons. The summed E-state index contributed by atoms with van der Waals surface area (Å²) in [6, 6.07) is 15.5. The van der Waals surface area contributed by atoms with Gasteiger partial charge in [0.05, 0.1) is 17.5 Å². The van der Waals surface area contributed by atoms with Crippen molar-refractivity contribution in [1.29, 1.82) is 5.26 Å². The van der Waals surface area contributed by atoms with E-state index in [1.165, 1.54) is 0 Å². The number of benzene rings is 1. The van der Waals surface area contributed by atoms with Gasteiger partial charge in [0, 0.05) is 36.3 Å². The van der Waals surface area contributed by atoms with Crippen molar-refractivity contribution in [1.82, 2.24) is 20.1 Å². The molecule has 3 aromatic rings. The first-order valence-corrected chi connectivity index (χ1v) is 8.25. The molecule has 0 bridgehead atoms. The summed E-state index contributed by atoms with van der Waals surface area (Å²) < 4.78 is 1.78. The molecule has 0 aliphatic carbocycles. The van der Waals surface area contributed by atoms with Gasteiger partial charge in [0.15, 0.2) is 0 Å². The van der Waals surface area contributed by atoms with E-state index in [9.17, 15) is 4.79 Å². The number of aromatic nitrogens is 3. The Morgan fingerprint density at radius 1 is 1.19 bits per heavy atom. The Morgan fingerprint density at radius 3 is 2.54 bits per heavy atom. The predicted octanol–water partition coefficient (Wildman–Crippen LogP) is 3.10. The average molecular weight is 345 g/mol. The molecule has 0 atom stereocenters. The number of nitrogens with one attached hydrogen (secondary N) is 1. The Bertz CT molecular complexity index is 939. The standard InChI is InChI=1S/C20H19N5O/c1-20(2,14-21)19(26)23-12-16-13-25(17-6-4-3-5-7-17)24-18(16)15-8-10-22-11-9-15/h3-11,13H,12H2,1-2H3,(H,23,26). The number of amides is 1. The minimum Gasteiger partial charge on any atom is -0.351 e. The first-order valence-electron chi connectivity index (χ1n) is 8.25. The highest BCUT2D eigenvalue weighted by molar-refractivity contribution is 5.84. The maximum atomic E-state index is 12.2. The van der Waals surface area contributed by atoms with E-state index in [0.717, 1.165) is 22.5 Å². The molecule has 26 heavy (non-hydrogen) atoms. The summed E-state index contributed by atoms with van der Waals surface area (Å²) in [5.41, 5.74) is 2.40. The van der Waals surface area contributed by atoms with Gasteiger partial charge in [-0.05, 0) is 38.1 Å². The first kappa shape index (κ1) is 17.4. The molecule has 3 rings (SSSR count). The molecule has 0 unspecified atom stereocenters. The third kappa shape index (κ3) is 3.62. The van der Waals surface area contributed by atoms with Crippen LogP contribution in [0.5, 0.6) is 0 Å². The zero-order chi connectivity index (χ0) is 18.6. The number of carbonyl (C=O) groups is 1. The van der Waals surface area contributed by atoms with Crippen molar-refractivity contribution in [2.24, 2.45) is 5.41 Å². The number of hydrogen-bond acceptors (Lipinski definition) is 4. The number of hydrogen-bond donors (Lipinski definition) is 1. The highest BCUT2D eigenvalue weighted by atomic mass is 16.2. The molecule has 2 aromatic heterocycles. The molecular formula is C20H19N5O. The SMILES string of the molecule is CC(C)(C#N)C(=O)NCc1cn(-c2ccccc2)nc1-c1ccncc1. The summed E-state index contributed by atoms with van der Waals surface area (Å²) in [4.78, 5) is 16.3. The summed E-state index contributed by atoms with van der Waals surface area (Å²) in [6.07, 6.45) is 5.31. The van der Waals surface area contributed by atoms with Crippen LogP contribution >= 0.6 is 0 Å². The van der Waals surface area contributed by atoms with Gasteiger partial charge in [-0.25, -0.2) is 4.68 Å². The van der Waals surface area contributed by atoms with Crippen LogP contribution in [0.15, 0.2) is 61.1 Å². The second-order valence-electron chi connectivity index (χ2n) is 6.44. The van der Waals surface area contributed by atoms with E-state index < -0.39 is 5.41 Å². The van der Waals surface area contributed by atoms with Gasteiger partial charge in [0.2, 0.25) is 5.91 Å². The van der Waals surface area contributed by atoms with E-state index in [4.69, 9.17) is 5.26 Å². The van der Waals surface area contributed by atoms with Gasteiger partial charge in [0.25, 0.3) is 0 Å². The fourth-order valence-corrected chi connectivity index (χ4v) is 2.45. The van der Waals surface area contributed by atoms with Crippen LogP contribution < -0.4 is 5.32 Å². The Balaban J connectivity index is 1.94. The van der Waals surface area contributed by atoms with Crippen molar-refractivity contribution in [3.05, 3.63) is 66.6 Å². The van der Waals surface area contributed by atoms with E-state index in [2.05, 4.69) is 15.4 Å². The Hall–Kier alpha value is -3.46. The number of nitrogens with zero attached hydrogens (tertiary/aromatic N) is 4. The van der Waals surface area contributed by atoms with Crippen molar-refractivity contribution in [2.75, 3.05) is 0 Å². The normalized spacial score (nSPS) is 11.0. The summed E-state index contributed by atoms with van der Waals surface area (Å²) in [7, 11) is 0. The van der Waals surface area contributed by atoms with Gasteiger partial charge in [-0.1, -0.05) is 18.2 Å². The van der Waals surface area contributed by atoms with Gasteiger partial charge < -0.3 is 5.32 Å². The van der Waals surface area contributed by atoms with Gasteiger partial charge >= 0.3 is 0 Å². The smallest absolute Gasteiger partial charge is 0.240 e. The van der Waals surface area contributed by atoms with Crippen LogP contribution in [0.3, 0.4) is 0 Å². The van der Waals surface area contributed by atoms with Crippen LogP contribution in [0.1, 0.15) is 19.4 Å². The lowest BCUT2D eigenvalue weighted by Crippen LogP contribution is -2.35. The molecule has 0 saturated heterocycles. The average Bonchev–Trinajstić information content (AvgIpc) is 3.11. The van der Waals surface area contributed by atoms with Crippen molar-refractivity contribution < 1.29 is 4.79 Å². The summed E-state index contributed by atoms with van der Waals surface area (Å²) in [5.74, 6) is -0.312. The Kier molecular flexibility index (Phi) is 4.81. The third-order valence-corrected chi connectivity index (χ3v) is 4.05. The lowest BCUT2D eigenvalue weighted by molar-refractivity contribution is -0.126. The largest absolute Gasteiger partial charge is 0.351 e. The molecular weight excluding hydrogens is 326 g/mol. The predicted molar refractivity (Wildman–Crippen MR) is 98.0 cm³/mol. The monoisotopic (exact) mass is 345 g/mol. The summed E-state index contributed by atoms with van der Waals surface area (Å²) in [5, 5.41) is 16.6. The van der Waals surface area contributed by atoms with Gasteiger partial charge in [-0.3, -0.25) is 9.78 Å². The number of pyridine rings is 1. The van der Waals surface area contributed by atoms with Crippen LogP contribution in [-0.4, -0.2) is 20.7 Å². The van der Waals surface area contributed by atoms with Crippen molar-refractivity contribution in [2.45, 2.75) is 20.4 Å².